The van der Waals surface area contributed by atoms with Crippen LogP contribution in [-0.2, 0) is 38.8 Å². The highest BCUT2D eigenvalue weighted by molar-refractivity contribution is 9.09. The standard InChI is InChI=1S/3C28H38FN3O2.C22H35BrO2.C6H4FN3.4CH4/c1-26(34)12-13-27(2)17(15-26)4-6-19-20-7-8-22(28(20,3)11-10-21(19)27)25(33)16-32-24-9-5-18(29)14-23(24)30-31-32;1-26(34)12-13-27(2)17(15-26)4-6-19-20-7-8-22(28(20,3)11-10-21(19)27)25(33)16-32-24-14-18(29)5-9-23(24)30-31-32;1-26(34)12-13-27(2)17(15-26)4-6-19-20-7-8-22(28(20,3)11-10-21(19)27)25(33)16-32-30-23-9-5-18(29)14-24(23)31-32;1-20(25)10-11-21(2)14(12-20)4-5-15-16-6-7-18(19(24)13-23)22(16,3)9-8-17(15)21;7-4-1-2-5-6(3-4)9-10-8-5;;;;/h3*5,9,14,17,19-22,34H,4,6-8,10-13,15-16H2,1-3H3;14-18,25H,4-13H2,1-3H3;1-3H,(H,8,9,10);4*1H4/t3*17-,19-,20-,21-,22+,26+,27-,28-;14-,15-,16-,17-,18+,20+,21-,22-;;;;;/m0000...../s1. The molecule has 8 aromatic rings. The maximum Gasteiger partial charge on any atom is 0.159 e. The Morgan fingerprint density at radius 3 is 1.00 bits per heavy atom. The summed E-state index contributed by atoms with van der Waals surface area (Å²) in [5.74, 6) is 11.4. The molecule has 16 fully saturated rings. The molecule has 32 atom stereocenters. The van der Waals surface area contributed by atoms with Crippen LogP contribution in [0, 0.1) is 185 Å². The first kappa shape index (κ1) is 107. The minimum atomic E-state index is -0.500. The predicted molar refractivity (Wildman–Crippen MR) is 550 cm³/mol. The Kier molecular flexibility index (Phi) is 29.9. The molecule has 0 radical (unpaired) electrons. The van der Waals surface area contributed by atoms with Gasteiger partial charge < -0.3 is 20.4 Å². The molecule has 0 aliphatic heterocycles. The van der Waals surface area contributed by atoms with Crippen molar-refractivity contribution in [2.24, 2.45) is 162 Å². The van der Waals surface area contributed by atoms with Crippen molar-refractivity contribution in [1.82, 2.24) is 60.4 Å². The predicted octanol–water partition coefficient (Wildman–Crippen LogP) is 25.6. The lowest BCUT2D eigenvalue weighted by molar-refractivity contribution is -0.151. The van der Waals surface area contributed by atoms with E-state index in [4.69, 9.17) is 0 Å². The van der Waals surface area contributed by atoms with Gasteiger partial charge in [-0.1, -0.05) is 111 Å². The molecule has 16 aliphatic carbocycles. The second-order valence-corrected chi connectivity index (χ2v) is 51.8. The van der Waals surface area contributed by atoms with Crippen LogP contribution in [0.2, 0.25) is 0 Å². The van der Waals surface area contributed by atoms with Crippen LogP contribution in [0.4, 0.5) is 17.6 Å². The summed E-state index contributed by atoms with van der Waals surface area (Å²) in [4.78, 5) is 54.8. The first-order valence-corrected chi connectivity index (χ1v) is 54.5. The van der Waals surface area contributed by atoms with E-state index in [-0.39, 0.29) is 135 Å². The molecule has 141 heavy (non-hydrogen) atoms. The number of Topliss-reactive ketones (excluding diaryl/α,β-unsaturated/α-hetero) is 4. The van der Waals surface area contributed by atoms with Crippen LogP contribution in [0.25, 0.3) is 44.1 Å². The van der Waals surface area contributed by atoms with Crippen LogP contribution in [0.5, 0.6) is 0 Å². The van der Waals surface area contributed by atoms with Gasteiger partial charge in [0, 0.05) is 47.9 Å². The first-order valence-electron chi connectivity index (χ1n) is 53.4. The molecule has 0 spiro atoms. The van der Waals surface area contributed by atoms with E-state index in [2.05, 4.69) is 118 Å². The lowest BCUT2D eigenvalue weighted by atomic mass is 9.44. The lowest BCUT2D eigenvalue weighted by Crippen LogP contribution is -2.55. The zero-order valence-corrected chi connectivity index (χ0v) is 85.1. The summed E-state index contributed by atoms with van der Waals surface area (Å²) in [7, 11) is 0. The smallest absolute Gasteiger partial charge is 0.159 e. The topological polar surface area (TPSA) is 283 Å². The Hall–Kier alpha value is -6.80. The van der Waals surface area contributed by atoms with E-state index in [0.717, 1.165) is 176 Å². The van der Waals surface area contributed by atoms with Crippen LogP contribution in [0.15, 0.2) is 72.8 Å². The molecule has 25 heteroatoms. The molecule has 20 nitrogen and oxygen atoms in total. The molecule has 4 aromatic heterocycles. The van der Waals surface area contributed by atoms with Gasteiger partial charge in [-0.3, -0.25) is 19.2 Å². The van der Waals surface area contributed by atoms with E-state index >= 15 is 0 Å². The third-order valence-electron chi connectivity index (χ3n) is 44.0. The molecule has 0 amide bonds. The van der Waals surface area contributed by atoms with E-state index in [1.54, 1.807) is 33.6 Å². The highest BCUT2D eigenvalue weighted by atomic mass is 79.9. The summed E-state index contributed by atoms with van der Waals surface area (Å²) < 4.78 is 56.5. The summed E-state index contributed by atoms with van der Waals surface area (Å²) in [6, 6.07) is 17.5. The Balaban J connectivity index is 0.000000130. The summed E-state index contributed by atoms with van der Waals surface area (Å²) in [6.45, 7) is 28.4. The van der Waals surface area contributed by atoms with Crippen LogP contribution in [-0.4, -0.2) is 132 Å². The van der Waals surface area contributed by atoms with Crippen molar-refractivity contribution >= 4 is 83.2 Å². The molecule has 16 saturated carbocycles. The summed E-state index contributed by atoms with van der Waals surface area (Å²) in [6.07, 6.45) is 40.4. The van der Waals surface area contributed by atoms with Crippen molar-refractivity contribution in [1.29, 1.82) is 0 Å². The Bertz CT molecular complexity index is 5860. The van der Waals surface area contributed by atoms with Crippen LogP contribution >= 0.6 is 15.9 Å². The number of hydrogen-bond acceptors (Lipinski definition) is 16. The number of alkyl halides is 1. The van der Waals surface area contributed by atoms with Gasteiger partial charge in [0.1, 0.15) is 81.8 Å². The van der Waals surface area contributed by atoms with Gasteiger partial charge in [0.25, 0.3) is 0 Å². The van der Waals surface area contributed by atoms with Gasteiger partial charge in [0.2, 0.25) is 0 Å². The molecule has 24 rings (SSSR count). The number of aromatic amines is 1. The number of benzene rings is 4. The first-order chi connectivity index (χ1) is 64.9. The SMILES string of the molecule is C.C.C.C.C[C@@]1(O)CC[C@@]2(C)[C@@H](CC[C@@H]3[C@@H]2CC[C@]2(C)[C@@H](C(=O)CBr)CC[C@@H]32)C1.C[C@@]1(O)CC[C@@]2(C)[C@@H](CC[C@@H]3[C@@H]2CC[C@]2(C)[C@@H](C(=O)Cn4nc5ccc(F)cc5n4)CC[C@@H]32)C1.C[C@@]1(O)CC[C@@]2(C)[C@@H](CC[C@@H]3[C@@H]2CC[C@]2(C)[C@@H](C(=O)Cn4nnc5cc(F)ccc54)CC[C@@H]32)C1.C[C@@]1(O)CC[C@@]2(C)[C@@H](CC[C@@H]3[C@@H]2CC[C@]2(C)[C@@H](C(=O)Cn4nnc5ccc(F)cc54)CC[C@@H]32)C1.Fc1ccc2n[nH]nc2c1. The van der Waals surface area contributed by atoms with Crippen LogP contribution in [0.3, 0.4) is 0 Å². The minimum Gasteiger partial charge on any atom is -0.390 e. The molecule has 0 saturated heterocycles. The maximum atomic E-state index is 13.8. The molecular formula is C116H169BrF4N12O8. The molecule has 0 unspecified atom stereocenters. The van der Waals surface area contributed by atoms with Crippen molar-refractivity contribution in [2.75, 3.05) is 5.33 Å². The number of aromatic nitrogens is 12. The van der Waals surface area contributed by atoms with Crippen LogP contribution < -0.4 is 0 Å². The van der Waals surface area contributed by atoms with Crippen molar-refractivity contribution in [3.8, 4) is 0 Å². The van der Waals surface area contributed by atoms with Crippen molar-refractivity contribution in [2.45, 2.75) is 386 Å². The highest BCUT2D eigenvalue weighted by Gasteiger charge is 2.68. The number of carbonyl (C=O) groups is 4. The number of H-pyrrole nitrogens is 1. The van der Waals surface area contributed by atoms with Gasteiger partial charge >= 0.3 is 0 Å². The monoisotopic (exact) mass is 2010 g/mol. The summed E-state index contributed by atoms with van der Waals surface area (Å²) >= 11 is 3.43. The van der Waals surface area contributed by atoms with Gasteiger partial charge in [0.05, 0.1) is 38.8 Å². The second-order valence-electron chi connectivity index (χ2n) is 51.2. The number of halogens is 5. The van der Waals surface area contributed by atoms with Crippen LogP contribution in [0.1, 0.15) is 344 Å². The average molecular weight is 2020 g/mol. The van der Waals surface area contributed by atoms with Gasteiger partial charge in [-0.25, -0.2) is 26.9 Å². The fourth-order valence-electron chi connectivity index (χ4n) is 36.6. The van der Waals surface area contributed by atoms with E-state index in [1.165, 1.54) is 150 Å². The van der Waals surface area contributed by atoms with Gasteiger partial charge in [-0.2, -0.15) is 30.4 Å². The van der Waals surface area contributed by atoms with Gasteiger partial charge in [-0.15, -0.1) is 10.2 Å². The van der Waals surface area contributed by atoms with E-state index in [0.29, 0.717) is 131 Å². The summed E-state index contributed by atoms with van der Waals surface area (Å²) in [5, 5.41) is 78.5. The van der Waals surface area contributed by atoms with E-state index < -0.39 is 22.4 Å². The molecule has 4 aromatic carbocycles. The zero-order valence-electron chi connectivity index (χ0n) is 83.5. The number of nitrogens with zero attached hydrogens (tertiary/aromatic N) is 11. The summed E-state index contributed by atoms with van der Waals surface area (Å²) in [5.41, 5.74) is 4.70. The second kappa shape index (κ2) is 39.4. The molecular weight excluding hydrogens is 1850 g/mol. The fraction of sp³-hybridized carbons (Fsp3) is 0.759. The molecule has 4 heterocycles. The Labute approximate surface area is 844 Å². The molecule has 5 N–H and O–H groups in total. The third kappa shape index (κ3) is 19.0. The van der Waals surface area contributed by atoms with E-state index in [1.807, 2.05) is 27.7 Å². The number of hydrogen-bond donors (Lipinski definition) is 5. The van der Waals surface area contributed by atoms with Gasteiger partial charge in [0.15, 0.2) is 17.3 Å². The molecule has 776 valence electrons. The molecule has 0 bridgehead atoms. The van der Waals surface area contributed by atoms with Gasteiger partial charge in [-0.05, 0) is 445 Å². The minimum absolute atomic E-state index is 0. The number of nitrogens with one attached hydrogen (secondary N) is 1. The van der Waals surface area contributed by atoms with Crippen molar-refractivity contribution < 1.29 is 57.2 Å². The van der Waals surface area contributed by atoms with Crippen molar-refractivity contribution in [3.05, 3.63) is 96.1 Å². The lowest BCUT2D eigenvalue weighted by Gasteiger charge is -2.61. The van der Waals surface area contributed by atoms with E-state index in [9.17, 15) is 57.2 Å². The zero-order chi connectivity index (χ0) is 96.7. The fourth-order valence-corrected chi connectivity index (χ4v) is 37.0. The quantitative estimate of drug-likeness (QED) is 0.0594. The number of ketones is 4. The Morgan fingerprint density at radius 1 is 0.319 bits per heavy atom. The highest BCUT2D eigenvalue weighted by Crippen LogP contribution is 2.74. The number of carbonyl (C=O) groups excluding carboxylic acids is 4. The Morgan fingerprint density at radius 2 is 0.617 bits per heavy atom. The van der Waals surface area contributed by atoms with Crippen molar-refractivity contribution in [3.63, 3.8) is 0 Å². The number of fused-ring (bicyclic) bond motifs is 24. The third-order valence-corrected chi connectivity index (χ3v) is 44.6. The molecule has 16 aliphatic rings. The maximum absolute atomic E-state index is 13.8. The number of rotatable bonds is 11. The number of aliphatic hydroxyl groups is 4. The normalized spacial score (nSPS) is 42.2. The largest absolute Gasteiger partial charge is 0.390 e. The average Bonchev–Trinajstić information content (AvgIpc) is 1.70.